The third kappa shape index (κ3) is 5.88. The number of ether oxygens (including phenoxy) is 2. The van der Waals surface area contributed by atoms with Gasteiger partial charge < -0.3 is 14.8 Å². The molecule has 140 valence electrons. The van der Waals surface area contributed by atoms with E-state index in [0.29, 0.717) is 31.3 Å². The van der Waals surface area contributed by atoms with E-state index in [-0.39, 0.29) is 11.9 Å². The minimum Gasteiger partial charge on any atom is -0.494 e. The van der Waals surface area contributed by atoms with Gasteiger partial charge in [-0.3, -0.25) is 4.79 Å². The van der Waals surface area contributed by atoms with E-state index in [1.807, 2.05) is 56.3 Å². The average Bonchev–Trinajstić information content (AvgIpc) is 2.63. The van der Waals surface area contributed by atoms with E-state index >= 15 is 0 Å². The van der Waals surface area contributed by atoms with Gasteiger partial charge in [-0.25, -0.2) is 0 Å². The van der Waals surface area contributed by atoms with E-state index in [1.165, 1.54) is 0 Å². The van der Waals surface area contributed by atoms with E-state index in [0.717, 1.165) is 16.9 Å². The highest BCUT2D eigenvalue weighted by Gasteiger charge is 2.14. The lowest BCUT2D eigenvalue weighted by atomic mass is 10.1. The van der Waals surface area contributed by atoms with Crippen LogP contribution in [-0.2, 0) is 11.3 Å². The van der Waals surface area contributed by atoms with Crippen LogP contribution in [0, 0.1) is 5.92 Å². The highest BCUT2D eigenvalue weighted by Crippen LogP contribution is 2.22. The molecular formula is C22H29NO3. The maximum atomic E-state index is 12.6. The highest BCUT2D eigenvalue weighted by molar-refractivity contribution is 5.94. The quantitative estimate of drug-likeness (QED) is 0.706. The van der Waals surface area contributed by atoms with E-state index in [2.05, 4.69) is 19.2 Å². The van der Waals surface area contributed by atoms with Crippen LogP contribution in [-0.4, -0.2) is 19.1 Å². The van der Waals surface area contributed by atoms with Crippen LogP contribution >= 0.6 is 0 Å². The van der Waals surface area contributed by atoms with Crippen LogP contribution in [0.2, 0.25) is 0 Å². The Morgan fingerprint density at radius 1 is 1.08 bits per heavy atom. The number of hydrogen-bond acceptors (Lipinski definition) is 3. The van der Waals surface area contributed by atoms with Gasteiger partial charge in [-0.1, -0.05) is 44.2 Å². The van der Waals surface area contributed by atoms with Crippen LogP contribution in [0.4, 0.5) is 0 Å². The highest BCUT2D eigenvalue weighted by atomic mass is 16.5. The Kier molecular flexibility index (Phi) is 7.67. The molecular weight excluding hydrogens is 326 g/mol. The predicted octanol–water partition coefficient (Wildman–Crippen LogP) is 4.75. The second-order valence-corrected chi connectivity index (χ2v) is 6.77. The number of carbonyl (C=O) groups excluding carboxylic acids is 1. The van der Waals surface area contributed by atoms with Crippen LogP contribution in [0.5, 0.6) is 5.75 Å². The van der Waals surface area contributed by atoms with Crippen molar-refractivity contribution in [2.24, 2.45) is 5.92 Å². The molecule has 2 aromatic carbocycles. The van der Waals surface area contributed by atoms with Gasteiger partial charge in [-0.15, -0.1) is 0 Å². The molecule has 0 aliphatic rings. The third-order valence-electron chi connectivity index (χ3n) is 3.98. The summed E-state index contributed by atoms with van der Waals surface area (Å²) >= 11 is 0. The van der Waals surface area contributed by atoms with Crippen molar-refractivity contribution in [1.82, 2.24) is 5.32 Å². The summed E-state index contributed by atoms with van der Waals surface area (Å²) in [4.78, 5) is 12.6. The zero-order chi connectivity index (χ0) is 18.9. The molecule has 0 spiro atoms. The van der Waals surface area contributed by atoms with Crippen molar-refractivity contribution in [1.29, 1.82) is 0 Å². The predicted molar refractivity (Wildman–Crippen MR) is 104 cm³/mol. The Hall–Kier alpha value is -2.33. The van der Waals surface area contributed by atoms with Gasteiger partial charge in [0.15, 0.2) is 0 Å². The molecule has 0 unspecified atom stereocenters. The molecule has 0 bridgehead atoms. The molecule has 0 aromatic heterocycles. The van der Waals surface area contributed by atoms with Gasteiger partial charge in [0, 0.05) is 17.7 Å². The monoisotopic (exact) mass is 355 g/mol. The molecule has 4 heteroatoms. The summed E-state index contributed by atoms with van der Waals surface area (Å²) in [6.07, 6.45) is 0. The molecule has 1 N–H and O–H groups in total. The summed E-state index contributed by atoms with van der Waals surface area (Å²) in [6, 6.07) is 15.4. The smallest absolute Gasteiger partial charge is 0.251 e. The zero-order valence-electron chi connectivity index (χ0n) is 16.1. The Bertz CT molecular complexity index is 698. The molecule has 0 aliphatic heterocycles. The summed E-state index contributed by atoms with van der Waals surface area (Å²) in [7, 11) is 0. The summed E-state index contributed by atoms with van der Waals surface area (Å²) in [5.74, 6) is 1.13. The van der Waals surface area contributed by atoms with Crippen LogP contribution < -0.4 is 10.1 Å². The number of benzene rings is 2. The molecule has 0 heterocycles. The third-order valence-corrected chi connectivity index (χ3v) is 3.98. The van der Waals surface area contributed by atoms with E-state index < -0.39 is 0 Å². The summed E-state index contributed by atoms with van der Waals surface area (Å²) in [6.45, 7) is 9.83. The van der Waals surface area contributed by atoms with Crippen LogP contribution in [0.3, 0.4) is 0 Å². The topological polar surface area (TPSA) is 47.6 Å². The van der Waals surface area contributed by atoms with Gasteiger partial charge in [0.1, 0.15) is 5.75 Å². The van der Waals surface area contributed by atoms with Gasteiger partial charge in [-0.2, -0.15) is 0 Å². The van der Waals surface area contributed by atoms with Crippen molar-refractivity contribution in [2.45, 2.75) is 40.3 Å². The molecule has 1 atom stereocenters. The van der Waals surface area contributed by atoms with Gasteiger partial charge >= 0.3 is 0 Å². The largest absolute Gasteiger partial charge is 0.494 e. The van der Waals surface area contributed by atoms with Crippen molar-refractivity contribution in [3.63, 3.8) is 0 Å². The standard InChI is InChI=1S/C22H29NO3/c1-5-26-21-12-11-19(13-20(21)15-25-14-16(2)3)22(24)23-17(4)18-9-7-6-8-10-18/h6-13,16-17H,5,14-15H2,1-4H3,(H,23,24)/t17-/m0/s1. The first-order valence-corrected chi connectivity index (χ1v) is 9.20. The fourth-order valence-corrected chi connectivity index (χ4v) is 2.64. The summed E-state index contributed by atoms with van der Waals surface area (Å²) in [5.41, 5.74) is 2.58. The fourth-order valence-electron chi connectivity index (χ4n) is 2.64. The minimum atomic E-state index is -0.102. The van der Waals surface area contributed by atoms with Crippen molar-refractivity contribution in [3.05, 3.63) is 65.2 Å². The first-order valence-electron chi connectivity index (χ1n) is 9.20. The molecule has 4 nitrogen and oxygen atoms in total. The van der Waals surface area contributed by atoms with Gasteiger partial charge in [0.25, 0.3) is 5.91 Å². The molecule has 2 aromatic rings. The Balaban J connectivity index is 2.10. The number of carbonyl (C=O) groups is 1. The number of amides is 1. The van der Waals surface area contributed by atoms with E-state index in [9.17, 15) is 4.79 Å². The molecule has 0 saturated heterocycles. The molecule has 0 fully saturated rings. The molecule has 0 radical (unpaired) electrons. The molecule has 2 rings (SSSR count). The SMILES string of the molecule is CCOc1ccc(C(=O)N[C@@H](C)c2ccccc2)cc1COCC(C)C. The maximum Gasteiger partial charge on any atom is 0.251 e. The molecule has 1 amide bonds. The maximum absolute atomic E-state index is 12.6. The van der Waals surface area contributed by atoms with Crippen molar-refractivity contribution >= 4 is 5.91 Å². The lowest BCUT2D eigenvalue weighted by Crippen LogP contribution is -2.26. The first-order chi connectivity index (χ1) is 12.5. The van der Waals surface area contributed by atoms with Gasteiger partial charge in [-0.05, 0) is 43.5 Å². The van der Waals surface area contributed by atoms with Crippen molar-refractivity contribution in [2.75, 3.05) is 13.2 Å². The molecule has 26 heavy (non-hydrogen) atoms. The summed E-state index contributed by atoms with van der Waals surface area (Å²) in [5, 5.41) is 3.04. The van der Waals surface area contributed by atoms with Gasteiger partial charge in [0.2, 0.25) is 0 Å². The van der Waals surface area contributed by atoms with E-state index in [4.69, 9.17) is 9.47 Å². The molecule has 0 saturated carbocycles. The lowest BCUT2D eigenvalue weighted by Gasteiger charge is -2.16. The Morgan fingerprint density at radius 2 is 1.81 bits per heavy atom. The first kappa shape index (κ1) is 20.0. The second-order valence-electron chi connectivity index (χ2n) is 6.77. The summed E-state index contributed by atoms with van der Waals surface area (Å²) < 4.78 is 11.4. The van der Waals surface area contributed by atoms with Crippen molar-refractivity contribution < 1.29 is 14.3 Å². The lowest BCUT2D eigenvalue weighted by molar-refractivity contribution is 0.0928. The van der Waals surface area contributed by atoms with Crippen LogP contribution in [0.1, 0.15) is 55.2 Å². The fraction of sp³-hybridized carbons (Fsp3) is 0.409. The van der Waals surface area contributed by atoms with Crippen LogP contribution in [0.15, 0.2) is 48.5 Å². The number of nitrogens with one attached hydrogen (secondary N) is 1. The Labute approximate surface area is 156 Å². The average molecular weight is 355 g/mol. The molecule has 0 aliphatic carbocycles. The van der Waals surface area contributed by atoms with Crippen molar-refractivity contribution in [3.8, 4) is 5.75 Å². The number of hydrogen-bond donors (Lipinski definition) is 1. The zero-order valence-corrected chi connectivity index (χ0v) is 16.1. The minimum absolute atomic E-state index is 0.0593. The second kappa shape index (κ2) is 9.97. The number of rotatable bonds is 9. The normalized spacial score (nSPS) is 12.0. The van der Waals surface area contributed by atoms with E-state index in [1.54, 1.807) is 6.07 Å². The van der Waals surface area contributed by atoms with Crippen LogP contribution in [0.25, 0.3) is 0 Å². The van der Waals surface area contributed by atoms with Gasteiger partial charge in [0.05, 0.1) is 19.3 Å². The Morgan fingerprint density at radius 3 is 2.46 bits per heavy atom.